The SMILES string of the molecule is CC(C)CC(O)C1c2cc(C(=O)N3Cc4ccccc4C3)c(O)cc2NN1C. The van der Waals surface area contributed by atoms with Crippen molar-refractivity contribution in [2.45, 2.75) is 45.5 Å². The highest BCUT2D eigenvalue weighted by molar-refractivity contribution is 5.98. The molecule has 2 heterocycles. The van der Waals surface area contributed by atoms with Crippen LogP contribution in [0.5, 0.6) is 5.75 Å². The zero-order valence-corrected chi connectivity index (χ0v) is 16.5. The number of hydrazine groups is 1. The van der Waals surface area contributed by atoms with Crippen LogP contribution in [-0.4, -0.2) is 39.2 Å². The molecule has 0 aliphatic carbocycles. The fourth-order valence-corrected chi connectivity index (χ4v) is 4.31. The summed E-state index contributed by atoms with van der Waals surface area (Å²) in [6, 6.07) is 11.1. The second-order valence-electron chi connectivity index (χ2n) is 8.25. The van der Waals surface area contributed by atoms with Gasteiger partial charge in [-0.1, -0.05) is 38.1 Å². The second-order valence-corrected chi connectivity index (χ2v) is 8.25. The van der Waals surface area contributed by atoms with Crippen LogP contribution in [0.15, 0.2) is 36.4 Å². The number of benzene rings is 2. The number of carbonyl (C=O) groups excluding carboxylic acids is 1. The monoisotopic (exact) mass is 381 g/mol. The summed E-state index contributed by atoms with van der Waals surface area (Å²) < 4.78 is 0. The summed E-state index contributed by atoms with van der Waals surface area (Å²) in [7, 11) is 1.86. The lowest BCUT2D eigenvalue weighted by molar-refractivity contribution is 0.0654. The number of amides is 1. The maximum Gasteiger partial charge on any atom is 0.258 e. The molecule has 3 N–H and O–H groups in total. The number of hydrogen-bond acceptors (Lipinski definition) is 5. The van der Waals surface area contributed by atoms with Crippen LogP contribution in [0, 0.1) is 5.92 Å². The normalized spacial score (nSPS) is 19.5. The quantitative estimate of drug-likeness (QED) is 0.758. The zero-order chi connectivity index (χ0) is 20.0. The lowest BCUT2D eigenvalue weighted by atomic mass is 9.93. The van der Waals surface area contributed by atoms with Gasteiger partial charge in [0.2, 0.25) is 0 Å². The van der Waals surface area contributed by atoms with Crippen molar-refractivity contribution in [2.24, 2.45) is 5.92 Å². The standard InChI is InChI=1S/C22H27N3O3/c1-13(2)8-20(27)21-16-9-17(19(26)10-18(16)23-24(21)3)22(28)25-11-14-6-4-5-7-15(14)12-25/h4-7,9-10,13,20-21,23,26-27H,8,11-12H2,1-3H3. The number of anilines is 1. The minimum absolute atomic E-state index is 0.0420. The molecule has 0 fully saturated rings. The first-order valence-electron chi connectivity index (χ1n) is 9.75. The Kier molecular flexibility index (Phi) is 4.77. The van der Waals surface area contributed by atoms with E-state index in [1.165, 1.54) is 0 Å². The number of rotatable bonds is 4. The van der Waals surface area contributed by atoms with Gasteiger partial charge in [0.25, 0.3) is 5.91 Å². The van der Waals surface area contributed by atoms with Crippen molar-refractivity contribution in [2.75, 3.05) is 12.5 Å². The molecule has 2 aromatic carbocycles. The first-order valence-corrected chi connectivity index (χ1v) is 9.75. The van der Waals surface area contributed by atoms with Gasteiger partial charge in [-0.2, -0.15) is 0 Å². The van der Waals surface area contributed by atoms with Crippen LogP contribution in [0.4, 0.5) is 5.69 Å². The van der Waals surface area contributed by atoms with E-state index in [1.54, 1.807) is 17.0 Å². The predicted molar refractivity (Wildman–Crippen MR) is 108 cm³/mol. The lowest BCUT2D eigenvalue weighted by Crippen LogP contribution is -2.32. The molecule has 0 saturated carbocycles. The number of likely N-dealkylation sites (N-methyl/N-ethyl adjacent to an activating group) is 1. The number of fused-ring (bicyclic) bond motifs is 2. The van der Waals surface area contributed by atoms with Crippen LogP contribution >= 0.6 is 0 Å². The van der Waals surface area contributed by atoms with E-state index in [1.807, 2.05) is 36.3 Å². The van der Waals surface area contributed by atoms with Crippen molar-refractivity contribution < 1.29 is 15.0 Å². The molecule has 4 rings (SSSR count). The third-order valence-electron chi connectivity index (χ3n) is 5.64. The molecule has 2 aliphatic rings. The van der Waals surface area contributed by atoms with E-state index >= 15 is 0 Å². The third kappa shape index (κ3) is 3.23. The Morgan fingerprint density at radius 2 is 1.86 bits per heavy atom. The molecule has 0 spiro atoms. The van der Waals surface area contributed by atoms with Crippen LogP contribution in [0.3, 0.4) is 0 Å². The molecule has 0 radical (unpaired) electrons. The topological polar surface area (TPSA) is 76.0 Å². The molecule has 6 heteroatoms. The Morgan fingerprint density at radius 1 is 1.21 bits per heavy atom. The van der Waals surface area contributed by atoms with Crippen LogP contribution in [0.2, 0.25) is 0 Å². The molecule has 0 bridgehead atoms. The Hall–Kier alpha value is -2.57. The van der Waals surface area contributed by atoms with Crippen molar-refractivity contribution in [1.29, 1.82) is 0 Å². The summed E-state index contributed by atoms with van der Waals surface area (Å²) in [5, 5.41) is 23.1. The van der Waals surface area contributed by atoms with Crippen molar-refractivity contribution >= 4 is 11.6 Å². The van der Waals surface area contributed by atoms with E-state index in [0.29, 0.717) is 25.4 Å². The van der Waals surface area contributed by atoms with Gasteiger partial charge in [-0.15, -0.1) is 0 Å². The molecular weight excluding hydrogens is 354 g/mol. The van der Waals surface area contributed by atoms with E-state index in [2.05, 4.69) is 19.3 Å². The minimum atomic E-state index is -0.567. The fraction of sp³-hybridized carbons (Fsp3) is 0.409. The van der Waals surface area contributed by atoms with E-state index in [4.69, 9.17) is 0 Å². The number of nitrogens with one attached hydrogen (secondary N) is 1. The summed E-state index contributed by atoms with van der Waals surface area (Å²) in [6.07, 6.45) is 0.0872. The van der Waals surface area contributed by atoms with Crippen molar-refractivity contribution in [1.82, 2.24) is 9.91 Å². The number of aliphatic hydroxyl groups excluding tert-OH is 1. The largest absolute Gasteiger partial charge is 0.507 e. The first kappa shape index (κ1) is 18.8. The van der Waals surface area contributed by atoms with E-state index in [9.17, 15) is 15.0 Å². The summed E-state index contributed by atoms with van der Waals surface area (Å²) >= 11 is 0. The lowest BCUT2D eigenvalue weighted by Gasteiger charge is -2.26. The Bertz CT molecular complexity index is 887. The van der Waals surface area contributed by atoms with Crippen molar-refractivity contribution in [3.63, 3.8) is 0 Å². The molecule has 0 saturated heterocycles. The molecule has 1 amide bonds. The molecular formula is C22H27N3O3. The average Bonchev–Trinajstić information content (AvgIpc) is 3.19. The molecule has 2 atom stereocenters. The maximum atomic E-state index is 13.1. The highest BCUT2D eigenvalue weighted by Gasteiger charge is 2.36. The van der Waals surface area contributed by atoms with Crippen LogP contribution in [0.25, 0.3) is 0 Å². The highest BCUT2D eigenvalue weighted by atomic mass is 16.3. The number of aromatic hydroxyl groups is 1. The highest BCUT2D eigenvalue weighted by Crippen LogP contribution is 2.41. The molecule has 0 aromatic heterocycles. The van der Waals surface area contributed by atoms with E-state index in [0.717, 1.165) is 22.4 Å². The maximum absolute atomic E-state index is 13.1. The van der Waals surface area contributed by atoms with Gasteiger partial charge < -0.3 is 20.5 Å². The predicted octanol–water partition coefficient (Wildman–Crippen LogP) is 3.27. The van der Waals surface area contributed by atoms with Crippen LogP contribution < -0.4 is 5.43 Å². The molecule has 148 valence electrons. The summed E-state index contributed by atoms with van der Waals surface area (Å²) in [4.78, 5) is 14.9. The molecule has 6 nitrogen and oxygen atoms in total. The van der Waals surface area contributed by atoms with Gasteiger partial charge in [-0.3, -0.25) is 4.79 Å². The Balaban J connectivity index is 1.63. The Labute approximate surface area is 165 Å². The fourth-order valence-electron chi connectivity index (χ4n) is 4.31. The number of nitrogens with zero attached hydrogens (tertiary/aromatic N) is 2. The number of phenols is 1. The van der Waals surface area contributed by atoms with Crippen molar-refractivity contribution in [3.8, 4) is 5.75 Å². The van der Waals surface area contributed by atoms with Gasteiger partial charge in [0, 0.05) is 26.2 Å². The minimum Gasteiger partial charge on any atom is -0.507 e. The number of phenolic OH excluding ortho intramolecular Hbond substituents is 1. The van der Waals surface area contributed by atoms with Crippen LogP contribution in [0.1, 0.15) is 53.4 Å². The number of carbonyl (C=O) groups is 1. The van der Waals surface area contributed by atoms with Gasteiger partial charge >= 0.3 is 0 Å². The van der Waals surface area contributed by atoms with Gasteiger partial charge in [-0.25, -0.2) is 5.01 Å². The number of hydrogen-bond donors (Lipinski definition) is 3. The Morgan fingerprint density at radius 3 is 2.46 bits per heavy atom. The summed E-state index contributed by atoms with van der Waals surface area (Å²) in [5.74, 6) is 0.122. The average molecular weight is 381 g/mol. The van der Waals surface area contributed by atoms with Gasteiger partial charge in [0.15, 0.2) is 0 Å². The molecule has 2 unspecified atom stereocenters. The van der Waals surface area contributed by atoms with E-state index in [-0.39, 0.29) is 23.3 Å². The summed E-state index contributed by atoms with van der Waals surface area (Å²) in [5.41, 5.74) is 7.32. The van der Waals surface area contributed by atoms with Gasteiger partial charge in [-0.05, 0) is 35.1 Å². The van der Waals surface area contributed by atoms with Crippen molar-refractivity contribution in [3.05, 3.63) is 58.7 Å². The van der Waals surface area contributed by atoms with Gasteiger partial charge in [0.05, 0.1) is 23.4 Å². The molecule has 28 heavy (non-hydrogen) atoms. The third-order valence-corrected chi connectivity index (χ3v) is 5.64. The van der Waals surface area contributed by atoms with E-state index < -0.39 is 6.10 Å². The first-order chi connectivity index (χ1) is 13.3. The second kappa shape index (κ2) is 7.11. The molecule has 2 aromatic rings. The number of aliphatic hydroxyl groups is 1. The summed E-state index contributed by atoms with van der Waals surface area (Å²) in [6.45, 7) is 5.23. The van der Waals surface area contributed by atoms with Crippen LogP contribution in [-0.2, 0) is 13.1 Å². The smallest absolute Gasteiger partial charge is 0.258 e. The van der Waals surface area contributed by atoms with Gasteiger partial charge in [0.1, 0.15) is 5.75 Å². The zero-order valence-electron chi connectivity index (χ0n) is 16.5. The molecule has 2 aliphatic heterocycles.